The molecule has 1 saturated heterocycles. The van der Waals surface area contributed by atoms with Crippen LogP contribution in [0.1, 0.15) is 18.4 Å². The van der Waals surface area contributed by atoms with Gasteiger partial charge in [0.1, 0.15) is 6.04 Å². The van der Waals surface area contributed by atoms with Crippen LogP contribution >= 0.6 is 0 Å². The number of carbonyl (C=O) groups is 2. The van der Waals surface area contributed by atoms with Gasteiger partial charge < -0.3 is 10.2 Å². The van der Waals surface area contributed by atoms with Crippen molar-refractivity contribution in [1.29, 1.82) is 0 Å². The summed E-state index contributed by atoms with van der Waals surface area (Å²) in [6, 6.07) is 3.41. The highest BCUT2D eigenvalue weighted by molar-refractivity contribution is 5.90. The van der Waals surface area contributed by atoms with Gasteiger partial charge in [-0.05, 0) is 18.1 Å². The number of aromatic nitrogens is 1. The minimum absolute atomic E-state index is 0.0338. The summed E-state index contributed by atoms with van der Waals surface area (Å²) in [5.74, 6) is -0.0614. The molecule has 1 atom stereocenters. The molecular formula is C12H15N3O2. The Balaban J connectivity index is 1.88. The number of carbonyl (C=O) groups excluding carboxylic acids is 2. The Bertz CT molecular complexity index is 419. The van der Waals surface area contributed by atoms with Gasteiger partial charge in [-0.2, -0.15) is 0 Å². The third-order valence-electron chi connectivity index (χ3n) is 2.98. The lowest BCUT2D eigenvalue weighted by atomic mass is 10.2. The fourth-order valence-electron chi connectivity index (χ4n) is 1.92. The Labute approximate surface area is 99.8 Å². The SMILES string of the molecule is CN1C(=O)CCC1C(=O)NCc1cccnc1. The zero-order chi connectivity index (χ0) is 12.3. The molecule has 5 nitrogen and oxygen atoms in total. The van der Waals surface area contributed by atoms with Crippen LogP contribution in [0.25, 0.3) is 0 Å². The second-order valence-electron chi connectivity index (χ2n) is 4.14. The van der Waals surface area contributed by atoms with Gasteiger partial charge in [0.05, 0.1) is 0 Å². The Morgan fingerprint density at radius 3 is 3.06 bits per heavy atom. The topological polar surface area (TPSA) is 62.3 Å². The van der Waals surface area contributed by atoms with Crippen molar-refractivity contribution in [3.63, 3.8) is 0 Å². The second-order valence-corrected chi connectivity index (χ2v) is 4.14. The fourth-order valence-corrected chi connectivity index (χ4v) is 1.92. The number of nitrogens with zero attached hydrogens (tertiary/aromatic N) is 2. The summed E-state index contributed by atoms with van der Waals surface area (Å²) >= 11 is 0. The van der Waals surface area contributed by atoms with Crippen molar-refractivity contribution >= 4 is 11.8 Å². The second kappa shape index (κ2) is 4.95. The van der Waals surface area contributed by atoms with Crippen molar-refractivity contribution in [1.82, 2.24) is 15.2 Å². The van der Waals surface area contributed by atoms with E-state index in [1.165, 1.54) is 4.90 Å². The van der Waals surface area contributed by atoms with Crippen molar-refractivity contribution in [3.05, 3.63) is 30.1 Å². The monoisotopic (exact) mass is 233 g/mol. The number of amides is 2. The summed E-state index contributed by atoms with van der Waals surface area (Å²) in [5.41, 5.74) is 0.952. The molecule has 0 spiro atoms. The molecule has 0 aliphatic carbocycles. The van der Waals surface area contributed by atoms with Crippen LogP contribution in [-0.2, 0) is 16.1 Å². The smallest absolute Gasteiger partial charge is 0.243 e. The zero-order valence-corrected chi connectivity index (χ0v) is 9.72. The predicted octanol–water partition coefficient (Wildman–Crippen LogP) is 0.319. The molecule has 2 rings (SSSR count). The standard InChI is InChI=1S/C12H15N3O2/c1-15-10(4-5-11(15)16)12(17)14-8-9-3-2-6-13-7-9/h2-3,6-7,10H,4-5,8H2,1H3,(H,14,17). The Morgan fingerprint density at radius 1 is 1.65 bits per heavy atom. The summed E-state index contributed by atoms with van der Waals surface area (Å²) < 4.78 is 0. The summed E-state index contributed by atoms with van der Waals surface area (Å²) in [5, 5.41) is 2.82. The van der Waals surface area contributed by atoms with Crippen molar-refractivity contribution in [2.75, 3.05) is 7.05 Å². The molecule has 0 saturated carbocycles. The molecule has 1 aliphatic heterocycles. The largest absolute Gasteiger partial charge is 0.350 e. The average Bonchev–Trinajstić information content (AvgIpc) is 2.69. The van der Waals surface area contributed by atoms with E-state index in [1.807, 2.05) is 12.1 Å². The zero-order valence-electron chi connectivity index (χ0n) is 9.72. The van der Waals surface area contributed by atoms with Gasteiger partial charge in [-0.3, -0.25) is 14.6 Å². The van der Waals surface area contributed by atoms with E-state index < -0.39 is 0 Å². The van der Waals surface area contributed by atoms with E-state index in [9.17, 15) is 9.59 Å². The molecular weight excluding hydrogens is 218 g/mol. The molecule has 90 valence electrons. The van der Waals surface area contributed by atoms with E-state index in [0.717, 1.165) is 5.56 Å². The number of likely N-dealkylation sites (tertiary alicyclic amines) is 1. The lowest BCUT2D eigenvalue weighted by Gasteiger charge is -2.18. The minimum Gasteiger partial charge on any atom is -0.350 e. The maximum atomic E-state index is 11.8. The molecule has 1 fully saturated rings. The van der Waals surface area contributed by atoms with Crippen LogP contribution in [-0.4, -0.2) is 34.8 Å². The molecule has 1 aliphatic rings. The van der Waals surface area contributed by atoms with E-state index >= 15 is 0 Å². The molecule has 2 amide bonds. The highest BCUT2D eigenvalue weighted by Gasteiger charge is 2.32. The lowest BCUT2D eigenvalue weighted by Crippen LogP contribution is -2.42. The molecule has 0 aromatic carbocycles. The first-order chi connectivity index (χ1) is 8.18. The van der Waals surface area contributed by atoms with E-state index in [4.69, 9.17) is 0 Å². The van der Waals surface area contributed by atoms with Crippen molar-refractivity contribution < 1.29 is 9.59 Å². The molecule has 2 heterocycles. The normalized spacial score (nSPS) is 19.5. The van der Waals surface area contributed by atoms with Gasteiger partial charge >= 0.3 is 0 Å². The van der Waals surface area contributed by atoms with Crippen LogP contribution in [0.2, 0.25) is 0 Å². The average molecular weight is 233 g/mol. The van der Waals surface area contributed by atoms with Gasteiger partial charge in [-0.15, -0.1) is 0 Å². The molecule has 1 aromatic heterocycles. The van der Waals surface area contributed by atoms with E-state index in [-0.39, 0.29) is 17.9 Å². The first-order valence-electron chi connectivity index (χ1n) is 5.61. The van der Waals surface area contributed by atoms with E-state index in [1.54, 1.807) is 19.4 Å². The number of nitrogens with one attached hydrogen (secondary N) is 1. The Morgan fingerprint density at radius 2 is 2.47 bits per heavy atom. The van der Waals surface area contributed by atoms with Gasteiger partial charge in [-0.1, -0.05) is 6.07 Å². The van der Waals surface area contributed by atoms with Crippen LogP contribution in [0.3, 0.4) is 0 Å². The number of pyridine rings is 1. The Hall–Kier alpha value is -1.91. The molecule has 0 bridgehead atoms. The Kier molecular flexibility index (Phi) is 3.37. The molecule has 1 aromatic rings. The third kappa shape index (κ3) is 2.61. The highest BCUT2D eigenvalue weighted by Crippen LogP contribution is 2.16. The highest BCUT2D eigenvalue weighted by atomic mass is 16.2. The van der Waals surface area contributed by atoms with Crippen LogP contribution < -0.4 is 5.32 Å². The number of hydrogen-bond acceptors (Lipinski definition) is 3. The molecule has 5 heteroatoms. The van der Waals surface area contributed by atoms with Gasteiger partial charge in [0.2, 0.25) is 11.8 Å². The summed E-state index contributed by atoms with van der Waals surface area (Å²) in [7, 11) is 1.67. The minimum atomic E-state index is -0.320. The first kappa shape index (κ1) is 11.6. The van der Waals surface area contributed by atoms with Crippen LogP contribution in [0.5, 0.6) is 0 Å². The molecule has 0 radical (unpaired) electrons. The molecule has 1 N–H and O–H groups in total. The van der Waals surface area contributed by atoms with Crippen LogP contribution in [0.15, 0.2) is 24.5 Å². The molecule has 17 heavy (non-hydrogen) atoms. The maximum Gasteiger partial charge on any atom is 0.243 e. The van der Waals surface area contributed by atoms with Crippen molar-refractivity contribution in [2.45, 2.75) is 25.4 Å². The fraction of sp³-hybridized carbons (Fsp3) is 0.417. The van der Waals surface area contributed by atoms with Crippen molar-refractivity contribution in [2.24, 2.45) is 0 Å². The number of rotatable bonds is 3. The summed E-state index contributed by atoms with van der Waals surface area (Å²) in [6.07, 6.45) is 4.47. The molecule has 1 unspecified atom stereocenters. The van der Waals surface area contributed by atoms with E-state index in [0.29, 0.717) is 19.4 Å². The van der Waals surface area contributed by atoms with Crippen LogP contribution in [0, 0.1) is 0 Å². The number of hydrogen-bond donors (Lipinski definition) is 1. The van der Waals surface area contributed by atoms with Crippen molar-refractivity contribution in [3.8, 4) is 0 Å². The first-order valence-corrected chi connectivity index (χ1v) is 5.61. The number of likely N-dealkylation sites (N-methyl/N-ethyl adjacent to an activating group) is 1. The maximum absolute atomic E-state index is 11.8. The van der Waals surface area contributed by atoms with Gasteiger partial charge in [0.15, 0.2) is 0 Å². The predicted molar refractivity (Wildman–Crippen MR) is 61.9 cm³/mol. The van der Waals surface area contributed by atoms with Gasteiger partial charge in [0, 0.05) is 32.4 Å². The van der Waals surface area contributed by atoms with Gasteiger partial charge in [0.25, 0.3) is 0 Å². The van der Waals surface area contributed by atoms with Gasteiger partial charge in [-0.25, -0.2) is 0 Å². The summed E-state index contributed by atoms with van der Waals surface area (Å²) in [4.78, 5) is 28.6. The van der Waals surface area contributed by atoms with Crippen LogP contribution in [0.4, 0.5) is 0 Å². The lowest BCUT2D eigenvalue weighted by molar-refractivity contribution is -0.133. The third-order valence-corrected chi connectivity index (χ3v) is 2.98. The quantitative estimate of drug-likeness (QED) is 0.817. The summed E-state index contributed by atoms with van der Waals surface area (Å²) in [6.45, 7) is 0.450. The van der Waals surface area contributed by atoms with E-state index in [2.05, 4.69) is 10.3 Å².